The van der Waals surface area contributed by atoms with Crippen molar-refractivity contribution in [2.75, 3.05) is 40.3 Å². The standard InChI is InChI=1S/C20H33N5O/c1-16-7-4-5-13-25(16)14-12-24-20(22-3)23-11-10-17-8-6-9-18(15-17)19(26)21-2/h6,8-9,15-16H,4-5,7,10-14H2,1-3H3,(H,21,26)(H2,22,23,24). The fourth-order valence-electron chi connectivity index (χ4n) is 3.37. The van der Waals surface area contributed by atoms with Crippen molar-refractivity contribution in [1.29, 1.82) is 0 Å². The molecule has 1 aliphatic heterocycles. The lowest BCUT2D eigenvalue weighted by atomic mass is 10.0. The minimum Gasteiger partial charge on any atom is -0.356 e. The zero-order valence-corrected chi connectivity index (χ0v) is 16.3. The van der Waals surface area contributed by atoms with E-state index in [9.17, 15) is 4.79 Å². The van der Waals surface area contributed by atoms with Gasteiger partial charge in [0.25, 0.3) is 5.91 Å². The highest BCUT2D eigenvalue weighted by molar-refractivity contribution is 5.94. The molecule has 6 nitrogen and oxygen atoms in total. The van der Waals surface area contributed by atoms with Crippen LogP contribution in [0.1, 0.15) is 42.1 Å². The van der Waals surface area contributed by atoms with Gasteiger partial charge in [-0.3, -0.25) is 14.7 Å². The van der Waals surface area contributed by atoms with Crippen LogP contribution in [0.3, 0.4) is 0 Å². The molecule has 0 saturated carbocycles. The zero-order valence-electron chi connectivity index (χ0n) is 16.3. The second-order valence-corrected chi connectivity index (χ2v) is 6.84. The Morgan fingerprint density at radius 3 is 2.81 bits per heavy atom. The van der Waals surface area contributed by atoms with Gasteiger partial charge >= 0.3 is 0 Å². The summed E-state index contributed by atoms with van der Waals surface area (Å²) >= 11 is 0. The number of benzene rings is 1. The van der Waals surface area contributed by atoms with E-state index < -0.39 is 0 Å². The number of nitrogens with zero attached hydrogens (tertiary/aromatic N) is 2. The number of likely N-dealkylation sites (tertiary alicyclic amines) is 1. The lowest BCUT2D eigenvalue weighted by Gasteiger charge is -2.33. The molecule has 0 spiro atoms. The summed E-state index contributed by atoms with van der Waals surface area (Å²) in [6, 6.07) is 8.43. The molecule has 0 aliphatic carbocycles. The van der Waals surface area contributed by atoms with Gasteiger partial charge in [-0.15, -0.1) is 0 Å². The number of hydrogen-bond acceptors (Lipinski definition) is 3. The van der Waals surface area contributed by atoms with E-state index in [0.29, 0.717) is 11.6 Å². The van der Waals surface area contributed by atoms with Gasteiger partial charge in [-0.05, 0) is 50.4 Å². The van der Waals surface area contributed by atoms with Crippen molar-refractivity contribution < 1.29 is 4.79 Å². The summed E-state index contributed by atoms with van der Waals surface area (Å²) < 4.78 is 0. The average Bonchev–Trinajstić information content (AvgIpc) is 2.67. The van der Waals surface area contributed by atoms with Gasteiger partial charge in [-0.1, -0.05) is 18.6 Å². The molecule has 144 valence electrons. The van der Waals surface area contributed by atoms with Gasteiger partial charge in [0, 0.05) is 45.3 Å². The maximum atomic E-state index is 11.7. The molecule has 3 N–H and O–H groups in total. The molecule has 26 heavy (non-hydrogen) atoms. The quantitative estimate of drug-likeness (QED) is 0.511. The summed E-state index contributed by atoms with van der Waals surface area (Å²) in [5, 5.41) is 9.40. The Morgan fingerprint density at radius 1 is 1.27 bits per heavy atom. The molecule has 1 aliphatic rings. The Kier molecular flexibility index (Phi) is 8.41. The summed E-state index contributed by atoms with van der Waals surface area (Å²) in [7, 11) is 3.45. The smallest absolute Gasteiger partial charge is 0.251 e. The predicted octanol–water partition coefficient (Wildman–Crippen LogP) is 1.63. The molecular weight excluding hydrogens is 326 g/mol. The van der Waals surface area contributed by atoms with Gasteiger partial charge < -0.3 is 16.0 Å². The topological polar surface area (TPSA) is 68.8 Å². The van der Waals surface area contributed by atoms with Crippen molar-refractivity contribution in [3.8, 4) is 0 Å². The molecule has 6 heteroatoms. The Morgan fingerprint density at radius 2 is 2.08 bits per heavy atom. The second-order valence-electron chi connectivity index (χ2n) is 6.84. The van der Waals surface area contributed by atoms with Crippen LogP contribution in [-0.4, -0.2) is 63.1 Å². The van der Waals surface area contributed by atoms with Crippen molar-refractivity contribution in [2.45, 2.75) is 38.6 Å². The van der Waals surface area contributed by atoms with Crippen LogP contribution >= 0.6 is 0 Å². The lowest BCUT2D eigenvalue weighted by Crippen LogP contribution is -2.45. The monoisotopic (exact) mass is 359 g/mol. The summed E-state index contributed by atoms with van der Waals surface area (Å²) in [6.45, 7) is 6.25. The van der Waals surface area contributed by atoms with Gasteiger partial charge in [-0.25, -0.2) is 0 Å². The number of rotatable bonds is 7. The van der Waals surface area contributed by atoms with Crippen LogP contribution in [0.15, 0.2) is 29.3 Å². The Labute approximate surface area is 157 Å². The van der Waals surface area contributed by atoms with Crippen LogP contribution < -0.4 is 16.0 Å². The van der Waals surface area contributed by atoms with Crippen LogP contribution in [0.4, 0.5) is 0 Å². The first kappa shape index (κ1) is 20.2. The maximum absolute atomic E-state index is 11.7. The fourth-order valence-corrected chi connectivity index (χ4v) is 3.37. The van der Waals surface area contributed by atoms with Gasteiger partial charge in [0.2, 0.25) is 0 Å². The summed E-state index contributed by atoms with van der Waals surface area (Å²) in [5.74, 6) is 0.779. The molecule has 1 heterocycles. The van der Waals surface area contributed by atoms with Crippen molar-refractivity contribution >= 4 is 11.9 Å². The SMILES string of the molecule is CN=C(NCCc1cccc(C(=O)NC)c1)NCCN1CCCCC1C. The normalized spacial score (nSPS) is 18.4. The zero-order chi connectivity index (χ0) is 18.8. The lowest BCUT2D eigenvalue weighted by molar-refractivity contribution is 0.0963. The first-order chi connectivity index (χ1) is 12.6. The van der Waals surface area contributed by atoms with Crippen LogP contribution in [0.2, 0.25) is 0 Å². The molecule has 1 fully saturated rings. The average molecular weight is 360 g/mol. The number of aliphatic imine (C=N–C) groups is 1. The largest absolute Gasteiger partial charge is 0.356 e. The molecule has 2 rings (SSSR count). The number of piperidine rings is 1. The first-order valence-corrected chi connectivity index (χ1v) is 9.63. The molecule has 0 bridgehead atoms. The molecule has 1 aromatic carbocycles. The molecule has 1 aromatic rings. The minimum atomic E-state index is -0.0516. The third kappa shape index (κ3) is 6.33. The van der Waals surface area contributed by atoms with Crippen molar-refractivity contribution in [3.05, 3.63) is 35.4 Å². The second kappa shape index (κ2) is 10.8. The Balaban J connectivity index is 1.71. The first-order valence-electron chi connectivity index (χ1n) is 9.63. The predicted molar refractivity (Wildman–Crippen MR) is 108 cm³/mol. The van der Waals surface area contributed by atoms with Gasteiger partial charge in [0.15, 0.2) is 5.96 Å². The van der Waals surface area contributed by atoms with E-state index >= 15 is 0 Å². The van der Waals surface area contributed by atoms with E-state index in [4.69, 9.17) is 0 Å². The van der Waals surface area contributed by atoms with Crippen molar-refractivity contribution in [1.82, 2.24) is 20.9 Å². The third-order valence-corrected chi connectivity index (χ3v) is 4.98. The van der Waals surface area contributed by atoms with Crippen molar-refractivity contribution in [3.63, 3.8) is 0 Å². The highest BCUT2D eigenvalue weighted by Crippen LogP contribution is 2.15. The highest BCUT2D eigenvalue weighted by atomic mass is 16.1. The minimum absolute atomic E-state index is 0.0516. The molecular formula is C20H33N5O. The Hall–Kier alpha value is -2.08. The molecule has 1 unspecified atom stereocenters. The molecule has 1 amide bonds. The summed E-state index contributed by atoms with van der Waals surface area (Å²) in [5.41, 5.74) is 1.83. The number of carbonyl (C=O) groups is 1. The van der Waals surface area contributed by atoms with E-state index in [1.54, 1.807) is 14.1 Å². The van der Waals surface area contributed by atoms with E-state index in [0.717, 1.165) is 37.6 Å². The molecule has 1 saturated heterocycles. The summed E-state index contributed by atoms with van der Waals surface area (Å²) in [6.07, 6.45) is 4.82. The van der Waals surface area contributed by atoms with Crippen LogP contribution in [0, 0.1) is 0 Å². The summed E-state index contributed by atoms with van der Waals surface area (Å²) in [4.78, 5) is 18.5. The third-order valence-electron chi connectivity index (χ3n) is 4.98. The molecule has 1 atom stereocenters. The Bertz CT molecular complexity index is 602. The van der Waals surface area contributed by atoms with Crippen LogP contribution in [0.25, 0.3) is 0 Å². The van der Waals surface area contributed by atoms with E-state index in [-0.39, 0.29) is 5.91 Å². The van der Waals surface area contributed by atoms with Crippen LogP contribution in [-0.2, 0) is 6.42 Å². The van der Waals surface area contributed by atoms with Gasteiger partial charge in [-0.2, -0.15) is 0 Å². The van der Waals surface area contributed by atoms with Crippen molar-refractivity contribution in [2.24, 2.45) is 4.99 Å². The fraction of sp³-hybridized carbons (Fsp3) is 0.600. The van der Waals surface area contributed by atoms with E-state index in [1.165, 1.54) is 25.8 Å². The van der Waals surface area contributed by atoms with E-state index in [1.807, 2.05) is 24.3 Å². The van der Waals surface area contributed by atoms with E-state index in [2.05, 4.69) is 32.8 Å². The van der Waals surface area contributed by atoms with Gasteiger partial charge in [0.1, 0.15) is 0 Å². The molecule has 0 aromatic heterocycles. The number of amides is 1. The number of carbonyl (C=O) groups excluding carboxylic acids is 1. The maximum Gasteiger partial charge on any atom is 0.251 e. The number of hydrogen-bond donors (Lipinski definition) is 3. The van der Waals surface area contributed by atoms with Crippen LogP contribution in [0.5, 0.6) is 0 Å². The highest BCUT2D eigenvalue weighted by Gasteiger charge is 2.17. The number of nitrogens with one attached hydrogen (secondary N) is 3. The number of guanidine groups is 1. The van der Waals surface area contributed by atoms with Gasteiger partial charge in [0.05, 0.1) is 0 Å². The molecule has 0 radical (unpaired) electrons.